The summed E-state index contributed by atoms with van der Waals surface area (Å²) >= 11 is 0. The summed E-state index contributed by atoms with van der Waals surface area (Å²) in [5, 5.41) is 3.30. The zero-order chi connectivity index (χ0) is 13.7. The Kier molecular flexibility index (Phi) is 4.68. The van der Waals surface area contributed by atoms with Gasteiger partial charge >= 0.3 is 0 Å². The van der Waals surface area contributed by atoms with Gasteiger partial charge in [-0.25, -0.2) is 8.78 Å². The number of furan rings is 1. The predicted molar refractivity (Wildman–Crippen MR) is 69.9 cm³/mol. The molecule has 0 spiro atoms. The van der Waals surface area contributed by atoms with Gasteiger partial charge in [0.25, 0.3) is 0 Å². The van der Waals surface area contributed by atoms with Crippen LogP contribution in [0.3, 0.4) is 0 Å². The van der Waals surface area contributed by atoms with E-state index in [0.29, 0.717) is 18.4 Å². The van der Waals surface area contributed by atoms with Crippen LogP contribution < -0.4 is 5.32 Å². The fourth-order valence-corrected chi connectivity index (χ4v) is 2.19. The van der Waals surface area contributed by atoms with Crippen LogP contribution in [0.15, 0.2) is 41.0 Å². The third kappa shape index (κ3) is 4.17. The first kappa shape index (κ1) is 13.7. The third-order valence-corrected chi connectivity index (χ3v) is 2.92. The van der Waals surface area contributed by atoms with E-state index in [1.807, 2.05) is 19.1 Å². The molecule has 102 valence electrons. The first-order valence-corrected chi connectivity index (χ1v) is 6.38. The van der Waals surface area contributed by atoms with Crippen molar-refractivity contribution in [2.24, 2.45) is 0 Å². The quantitative estimate of drug-likeness (QED) is 0.866. The first-order chi connectivity index (χ1) is 9.17. The van der Waals surface area contributed by atoms with Crippen molar-refractivity contribution in [1.29, 1.82) is 0 Å². The number of nitrogens with one attached hydrogen (secondary N) is 1. The van der Waals surface area contributed by atoms with Crippen LogP contribution in [-0.2, 0) is 12.8 Å². The summed E-state index contributed by atoms with van der Waals surface area (Å²) < 4.78 is 31.6. The lowest BCUT2D eigenvalue weighted by molar-refractivity contribution is 0.443. The number of hydrogen-bond donors (Lipinski definition) is 1. The Labute approximate surface area is 111 Å². The van der Waals surface area contributed by atoms with Gasteiger partial charge in [-0.3, -0.25) is 0 Å². The lowest BCUT2D eigenvalue weighted by atomic mass is 10.0. The van der Waals surface area contributed by atoms with Gasteiger partial charge < -0.3 is 9.73 Å². The van der Waals surface area contributed by atoms with Crippen molar-refractivity contribution < 1.29 is 13.2 Å². The van der Waals surface area contributed by atoms with Gasteiger partial charge in [-0.05, 0) is 42.8 Å². The summed E-state index contributed by atoms with van der Waals surface area (Å²) in [6.45, 7) is 2.80. The van der Waals surface area contributed by atoms with Gasteiger partial charge in [0.15, 0.2) is 0 Å². The molecule has 0 bridgehead atoms. The molecule has 2 nitrogen and oxygen atoms in total. The fourth-order valence-electron chi connectivity index (χ4n) is 2.19. The molecular weight excluding hydrogens is 248 g/mol. The summed E-state index contributed by atoms with van der Waals surface area (Å²) in [5.74, 6) is -0.214. The molecule has 2 rings (SSSR count). The molecule has 1 unspecified atom stereocenters. The largest absolute Gasteiger partial charge is 0.469 e. The molecule has 0 aliphatic rings. The summed E-state index contributed by atoms with van der Waals surface area (Å²) in [5.41, 5.74) is 0.648. The molecule has 0 aliphatic heterocycles. The second-order valence-electron chi connectivity index (χ2n) is 4.52. The van der Waals surface area contributed by atoms with Crippen LogP contribution in [0.5, 0.6) is 0 Å². The van der Waals surface area contributed by atoms with Gasteiger partial charge in [-0.2, -0.15) is 0 Å². The molecule has 0 radical (unpaired) electrons. The molecule has 1 atom stereocenters. The lowest BCUT2D eigenvalue weighted by Crippen LogP contribution is -2.33. The van der Waals surface area contributed by atoms with Gasteiger partial charge in [0, 0.05) is 18.5 Å². The van der Waals surface area contributed by atoms with Crippen molar-refractivity contribution >= 4 is 0 Å². The standard InChI is InChI=1S/C15H17F2NO/c1-2-18-14(10-15-4-3-5-19-15)8-11-6-12(16)9-13(17)7-11/h3-7,9,14,18H,2,8,10H2,1H3. The van der Waals surface area contributed by atoms with E-state index < -0.39 is 11.6 Å². The van der Waals surface area contributed by atoms with Crippen LogP contribution in [0.4, 0.5) is 8.78 Å². The summed E-state index contributed by atoms with van der Waals surface area (Å²) in [6, 6.07) is 7.46. The van der Waals surface area contributed by atoms with Crippen LogP contribution in [0, 0.1) is 11.6 Å². The molecule has 2 aromatic rings. The Hall–Kier alpha value is -1.68. The normalized spacial score (nSPS) is 12.6. The van der Waals surface area contributed by atoms with E-state index in [-0.39, 0.29) is 6.04 Å². The topological polar surface area (TPSA) is 25.2 Å². The Bertz CT molecular complexity index is 491. The van der Waals surface area contributed by atoms with E-state index in [9.17, 15) is 8.78 Å². The van der Waals surface area contributed by atoms with Crippen molar-refractivity contribution in [1.82, 2.24) is 5.32 Å². The first-order valence-electron chi connectivity index (χ1n) is 6.38. The van der Waals surface area contributed by atoms with Crippen LogP contribution in [-0.4, -0.2) is 12.6 Å². The van der Waals surface area contributed by atoms with E-state index in [4.69, 9.17) is 4.42 Å². The highest BCUT2D eigenvalue weighted by Gasteiger charge is 2.12. The molecule has 1 aromatic carbocycles. The van der Waals surface area contributed by atoms with E-state index >= 15 is 0 Å². The molecule has 19 heavy (non-hydrogen) atoms. The highest BCUT2D eigenvalue weighted by atomic mass is 19.1. The lowest BCUT2D eigenvalue weighted by Gasteiger charge is -2.17. The minimum Gasteiger partial charge on any atom is -0.469 e. The van der Waals surface area contributed by atoms with Crippen molar-refractivity contribution in [2.75, 3.05) is 6.54 Å². The number of rotatable bonds is 6. The highest BCUT2D eigenvalue weighted by molar-refractivity contribution is 5.19. The number of likely N-dealkylation sites (N-methyl/N-ethyl adjacent to an activating group) is 1. The van der Waals surface area contributed by atoms with E-state index in [1.165, 1.54) is 12.1 Å². The molecule has 1 N–H and O–H groups in total. The van der Waals surface area contributed by atoms with Gasteiger partial charge in [0.2, 0.25) is 0 Å². The van der Waals surface area contributed by atoms with Crippen molar-refractivity contribution in [3.63, 3.8) is 0 Å². The van der Waals surface area contributed by atoms with Crippen LogP contribution in [0.1, 0.15) is 18.2 Å². The van der Waals surface area contributed by atoms with Crippen LogP contribution in [0.2, 0.25) is 0 Å². The maximum Gasteiger partial charge on any atom is 0.126 e. The number of halogens is 2. The monoisotopic (exact) mass is 265 g/mol. The molecule has 4 heteroatoms. The molecule has 0 saturated carbocycles. The van der Waals surface area contributed by atoms with E-state index in [0.717, 1.165) is 18.4 Å². The SMILES string of the molecule is CCNC(Cc1cc(F)cc(F)c1)Cc1ccco1. The Morgan fingerprint density at radius 3 is 2.47 bits per heavy atom. The molecule has 0 saturated heterocycles. The second kappa shape index (κ2) is 6.48. The molecular formula is C15H17F2NO. The number of benzene rings is 1. The van der Waals surface area contributed by atoms with Crippen LogP contribution >= 0.6 is 0 Å². The summed E-state index contributed by atoms with van der Waals surface area (Å²) in [4.78, 5) is 0. The average Bonchev–Trinajstić information content (AvgIpc) is 2.80. The Morgan fingerprint density at radius 2 is 1.89 bits per heavy atom. The maximum atomic E-state index is 13.2. The summed E-state index contributed by atoms with van der Waals surface area (Å²) in [7, 11) is 0. The minimum absolute atomic E-state index is 0.0948. The summed E-state index contributed by atoms with van der Waals surface area (Å²) in [6.07, 6.45) is 2.88. The molecule has 1 aromatic heterocycles. The average molecular weight is 265 g/mol. The zero-order valence-corrected chi connectivity index (χ0v) is 10.8. The minimum atomic E-state index is -0.539. The van der Waals surface area contributed by atoms with E-state index in [1.54, 1.807) is 6.26 Å². The van der Waals surface area contributed by atoms with Crippen molar-refractivity contribution in [3.05, 3.63) is 59.6 Å². The highest BCUT2D eigenvalue weighted by Crippen LogP contribution is 2.13. The number of hydrogen-bond acceptors (Lipinski definition) is 2. The smallest absolute Gasteiger partial charge is 0.126 e. The second-order valence-corrected chi connectivity index (χ2v) is 4.52. The molecule has 0 amide bonds. The van der Waals surface area contributed by atoms with Crippen LogP contribution in [0.25, 0.3) is 0 Å². The Morgan fingerprint density at radius 1 is 1.16 bits per heavy atom. The van der Waals surface area contributed by atoms with Crippen molar-refractivity contribution in [3.8, 4) is 0 Å². The third-order valence-electron chi connectivity index (χ3n) is 2.92. The Balaban J connectivity index is 2.07. The van der Waals surface area contributed by atoms with Gasteiger partial charge in [-0.1, -0.05) is 6.92 Å². The predicted octanol–water partition coefficient (Wildman–Crippen LogP) is 3.32. The maximum absolute atomic E-state index is 13.2. The zero-order valence-electron chi connectivity index (χ0n) is 10.8. The molecule has 0 aliphatic carbocycles. The van der Waals surface area contributed by atoms with Gasteiger partial charge in [0.1, 0.15) is 17.4 Å². The molecule has 1 heterocycles. The van der Waals surface area contributed by atoms with Gasteiger partial charge in [-0.15, -0.1) is 0 Å². The fraction of sp³-hybridized carbons (Fsp3) is 0.333. The van der Waals surface area contributed by atoms with Crippen molar-refractivity contribution in [2.45, 2.75) is 25.8 Å². The van der Waals surface area contributed by atoms with Gasteiger partial charge in [0.05, 0.1) is 6.26 Å². The van der Waals surface area contributed by atoms with E-state index in [2.05, 4.69) is 5.32 Å². The molecule has 0 fully saturated rings.